The molecule has 0 saturated carbocycles. The Balaban J connectivity index is 1.37. The van der Waals surface area contributed by atoms with Crippen LogP contribution in [0.5, 0.6) is 5.75 Å². The normalized spacial score (nSPS) is 10.8. The number of ether oxygens (including phenoxy) is 1. The summed E-state index contributed by atoms with van der Waals surface area (Å²) in [6.07, 6.45) is 2.53. The number of hydrogen-bond acceptors (Lipinski definition) is 4. The number of carbonyl (C=O) groups excluding carboxylic acids is 1. The number of nitrogens with zero attached hydrogens (tertiary/aromatic N) is 3. The molecule has 4 rings (SSSR count). The summed E-state index contributed by atoms with van der Waals surface area (Å²) in [4.78, 5) is 21.6. The molecule has 32 heavy (non-hydrogen) atoms. The summed E-state index contributed by atoms with van der Waals surface area (Å²) in [7, 11) is 0. The number of anilines is 1. The number of benzene rings is 2. The lowest BCUT2D eigenvalue weighted by atomic mass is 10.1. The van der Waals surface area contributed by atoms with Gasteiger partial charge in [0.25, 0.3) is 0 Å². The summed E-state index contributed by atoms with van der Waals surface area (Å²) < 4.78 is 7.53. The maximum atomic E-state index is 12.2. The van der Waals surface area contributed by atoms with Crippen molar-refractivity contribution in [3.63, 3.8) is 0 Å². The van der Waals surface area contributed by atoms with Gasteiger partial charge < -0.3 is 19.9 Å². The molecule has 0 radical (unpaired) electrons. The molecule has 4 aromatic rings. The average molecular weight is 430 g/mol. The number of pyridine rings is 1. The molecule has 0 spiro atoms. The van der Waals surface area contributed by atoms with Gasteiger partial charge in [0.1, 0.15) is 17.1 Å². The second kappa shape index (κ2) is 9.96. The first-order valence-corrected chi connectivity index (χ1v) is 10.8. The SMILES string of the molecule is CCOc1ccc(NC(=O)NCCCn2c(-c3ccc(C)cc3)nc3cccnc32)cc1. The number of urea groups is 1. The lowest BCUT2D eigenvalue weighted by Crippen LogP contribution is -2.30. The number of carbonyl (C=O) groups is 1. The molecule has 0 aliphatic heterocycles. The average Bonchev–Trinajstić information content (AvgIpc) is 3.17. The van der Waals surface area contributed by atoms with E-state index in [-0.39, 0.29) is 6.03 Å². The van der Waals surface area contributed by atoms with Crippen molar-refractivity contribution in [2.75, 3.05) is 18.5 Å². The second-order valence-electron chi connectivity index (χ2n) is 7.49. The van der Waals surface area contributed by atoms with Crippen molar-refractivity contribution < 1.29 is 9.53 Å². The van der Waals surface area contributed by atoms with Gasteiger partial charge in [-0.1, -0.05) is 29.8 Å². The Labute approximate surface area is 187 Å². The summed E-state index contributed by atoms with van der Waals surface area (Å²) in [6.45, 7) is 5.84. The van der Waals surface area contributed by atoms with E-state index in [4.69, 9.17) is 9.72 Å². The quantitative estimate of drug-likeness (QED) is 0.386. The molecule has 0 saturated heterocycles. The van der Waals surface area contributed by atoms with Crippen LogP contribution in [0.3, 0.4) is 0 Å². The zero-order valence-electron chi connectivity index (χ0n) is 18.3. The van der Waals surface area contributed by atoms with Crippen molar-refractivity contribution in [3.05, 3.63) is 72.4 Å². The Morgan fingerprint density at radius 3 is 2.59 bits per heavy atom. The van der Waals surface area contributed by atoms with Crippen molar-refractivity contribution in [1.29, 1.82) is 0 Å². The predicted molar refractivity (Wildman–Crippen MR) is 127 cm³/mol. The molecule has 2 aromatic heterocycles. The Morgan fingerprint density at radius 2 is 1.84 bits per heavy atom. The van der Waals surface area contributed by atoms with E-state index in [9.17, 15) is 4.79 Å². The van der Waals surface area contributed by atoms with Crippen LogP contribution in [0.25, 0.3) is 22.6 Å². The molecule has 164 valence electrons. The van der Waals surface area contributed by atoms with Crippen LogP contribution in [-0.4, -0.2) is 33.7 Å². The van der Waals surface area contributed by atoms with Gasteiger partial charge in [0.15, 0.2) is 5.65 Å². The smallest absolute Gasteiger partial charge is 0.319 e. The Bertz CT molecular complexity index is 1180. The van der Waals surface area contributed by atoms with Crippen molar-refractivity contribution in [3.8, 4) is 17.1 Å². The first-order valence-electron chi connectivity index (χ1n) is 10.8. The second-order valence-corrected chi connectivity index (χ2v) is 7.49. The van der Waals surface area contributed by atoms with Gasteiger partial charge in [0, 0.05) is 30.5 Å². The number of aryl methyl sites for hydroxylation is 2. The van der Waals surface area contributed by atoms with E-state index in [1.807, 2.05) is 43.3 Å². The molecule has 7 heteroatoms. The number of aromatic nitrogens is 3. The Kier molecular flexibility index (Phi) is 6.65. The van der Waals surface area contributed by atoms with E-state index in [1.54, 1.807) is 6.20 Å². The highest BCUT2D eigenvalue weighted by atomic mass is 16.5. The number of hydrogen-bond donors (Lipinski definition) is 2. The topological polar surface area (TPSA) is 81.1 Å². The third kappa shape index (κ3) is 5.06. The largest absolute Gasteiger partial charge is 0.494 e. The lowest BCUT2D eigenvalue weighted by Gasteiger charge is -2.11. The fraction of sp³-hybridized carbons (Fsp3) is 0.240. The third-order valence-corrected chi connectivity index (χ3v) is 5.08. The molecule has 7 nitrogen and oxygen atoms in total. The van der Waals surface area contributed by atoms with Crippen LogP contribution in [-0.2, 0) is 6.54 Å². The Morgan fingerprint density at radius 1 is 1.06 bits per heavy atom. The fourth-order valence-corrected chi connectivity index (χ4v) is 3.51. The summed E-state index contributed by atoms with van der Waals surface area (Å²) in [5, 5.41) is 5.75. The molecular formula is C25H27N5O2. The monoisotopic (exact) mass is 429 g/mol. The summed E-state index contributed by atoms with van der Waals surface area (Å²) in [5.74, 6) is 1.67. The first kappa shape index (κ1) is 21.4. The zero-order valence-corrected chi connectivity index (χ0v) is 18.3. The van der Waals surface area contributed by atoms with Gasteiger partial charge in [0.2, 0.25) is 0 Å². The minimum absolute atomic E-state index is 0.235. The van der Waals surface area contributed by atoms with E-state index in [2.05, 4.69) is 51.4 Å². The molecule has 0 aliphatic carbocycles. The van der Waals surface area contributed by atoms with Crippen LogP contribution >= 0.6 is 0 Å². The van der Waals surface area contributed by atoms with E-state index in [0.717, 1.165) is 40.4 Å². The standard InChI is InChI=1S/C25H27N5O2/c1-3-32-21-13-11-20(12-14-21)28-25(31)27-16-5-17-30-23(19-9-7-18(2)8-10-19)29-22-6-4-15-26-24(22)30/h4,6-15H,3,5,16-17H2,1-2H3,(H2,27,28,31). The van der Waals surface area contributed by atoms with Gasteiger partial charge in [-0.25, -0.2) is 14.8 Å². The molecule has 0 fully saturated rings. The fourth-order valence-electron chi connectivity index (χ4n) is 3.51. The van der Waals surface area contributed by atoms with E-state index in [1.165, 1.54) is 5.56 Å². The van der Waals surface area contributed by atoms with Crippen molar-refractivity contribution in [2.45, 2.75) is 26.8 Å². The van der Waals surface area contributed by atoms with Gasteiger partial charge >= 0.3 is 6.03 Å². The van der Waals surface area contributed by atoms with E-state index >= 15 is 0 Å². The number of nitrogens with one attached hydrogen (secondary N) is 2. The van der Waals surface area contributed by atoms with Crippen molar-refractivity contribution >= 4 is 22.9 Å². The summed E-state index contributed by atoms with van der Waals surface area (Å²) in [6, 6.07) is 19.3. The van der Waals surface area contributed by atoms with E-state index in [0.29, 0.717) is 19.7 Å². The number of imidazole rings is 1. The first-order chi connectivity index (χ1) is 15.6. The van der Waals surface area contributed by atoms with Crippen LogP contribution in [0.2, 0.25) is 0 Å². The number of rotatable bonds is 8. The summed E-state index contributed by atoms with van der Waals surface area (Å²) >= 11 is 0. The van der Waals surface area contributed by atoms with Crippen LogP contribution in [0.15, 0.2) is 66.9 Å². The maximum Gasteiger partial charge on any atom is 0.319 e. The summed E-state index contributed by atoms with van der Waals surface area (Å²) in [5.41, 5.74) is 4.69. The molecular weight excluding hydrogens is 402 g/mol. The third-order valence-electron chi connectivity index (χ3n) is 5.08. The van der Waals surface area contributed by atoms with Gasteiger partial charge in [0.05, 0.1) is 6.61 Å². The maximum absolute atomic E-state index is 12.2. The predicted octanol–water partition coefficient (Wildman–Crippen LogP) is 5.02. The van der Waals surface area contributed by atoms with Crippen LogP contribution < -0.4 is 15.4 Å². The number of amides is 2. The molecule has 2 N–H and O–H groups in total. The van der Waals surface area contributed by atoms with Gasteiger partial charge in [-0.2, -0.15) is 0 Å². The molecule has 0 atom stereocenters. The van der Waals surface area contributed by atoms with Crippen molar-refractivity contribution in [1.82, 2.24) is 19.9 Å². The lowest BCUT2D eigenvalue weighted by molar-refractivity contribution is 0.252. The zero-order chi connectivity index (χ0) is 22.3. The minimum Gasteiger partial charge on any atom is -0.494 e. The molecule has 2 heterocycles. The van der Waals surface area contributed by atoms with E-state index < -0.39 is 0 Å². The molecule has 2 aromatic carbocycles. The molecule has 0 unspecified atom stereocenters. The van der Waals surface area contributed by atoms with Gasteiger partial charge in [-0.3, -0.25) is 0 Å². The number of fused-ring (bicyclic) bond motifs is 1. The van der Waals surface area contributed by atoms with Crippen LogP contribution in [0, 0.1) is 6.92 Å². The van der Waals surface area contributed by atoms with Gasteiger partial charge in [-0.05, 0) is 56.7 Å². The molecule has 0 aliphatic rings. The molecule has 0 bridgehead atoms. The highest BCUT2D eigenvalue weighted by Crippen LogP contribution is 2.24. The Hall–Kier alpha value is -3.87. The van der Waals surface area contributed by atoms with Crippen LogP contribution in [0.1, 0.15) is 18.9 Å². The highest BCUT2D eigenvalue weighted by Gasteiger charge is 2.13. The van der Waals surface area contributed by atoms with Gasteiger partial charge in [-0.15, -0.1) is 0 Å². The molecule has 2 amide bonds. The highest BCUT2D eigenvalue weighted by molar-refractivity contribution is 5.89. The van der Waals surface area contributed by atoms with Crippen LogP contribution in [0.4, 0.5) is 10.5 Å². The van der Waals surface area contributed by atoms with Crippen molar-refractivity contribution in [2.24, 2.45) is 0 Å². The minimum atomic E-state index is -0.235.